The van der Waals surface area contributed by atoms with Gasteiger partial charge in [-0.3, -0.25) is 14.4 Å². The van der Waals surface area contributed by atoms with Crippen LogP contribution >= 0.6 is 11.8 Å². The maximum atomic E-state index is 14.9. The Hall–Kier alpha value is -3.96. The summed E-state index contributed by atoms with van der Waals surface area (Å²) in [5, 5.41) is 19.0. The van der Waals surface area contributed by atoms with E-state index in [9.17, 15) is 19.5 Å². The third-order valence-electron chi connectivity index (χ3n) is 9.81. The first-order chi connectivity index (χ1) is 21.8. The first-order valence-electron chi connectivity index (χ1n) is 15.6. The maximum Gasteiger partial charge on any atom is 0.248 e. The average Bonchev–Trinajstić information content (AvgIpc) is 3.78. The lowest BCUT2D eigenvalue weighted by molar-refractivity contribution is -0.146. The molecule has 0 radical (unpaired) electrons. The monoisotopic (exact) mass is 628 g/mol. The Labute approximate surface area is 267 Å². The molecule has 0 saturated carbocycles. The largest absolute Gasteiger partial charge is 0.394 e. The van der Waals surface area contributed by atoms with E-state index in [0.29, 0.717) is 24.9 Å². The smallest absolute Gasteiger partial charge is 0.248 e. The van der Waals surface area contributed by atoms with Crippen LogP contribution in [-0.2, 0) is 21.1 Å². The van der Waals surface area contributed by atoms with Crippen LogP contribution in [0.15, 0.2) is 79.9 Å². The molecule has 45 heavy (non-hydrogen) atoms. The molecule has 3 unspecified atom stereocenters. The molecule has 6 rings (SSSR count). The zero-order chi connectivity index (χ0) is 31.9. The molecule has 3 aromatic rings. The van der Waals surface area contributed by atoms with Crippen LogP contribution in [0.2, 0.25) is 0 Å². The zero-order valence-corrected chi connectivity index (χ0v) is 26.6. The molecule has 3 saturated heterocycles. The molecule has 1 N–H and O–H groups in total. The van der Waals surface area contributed by atoms with Gasteiger partial charge in [-0.2, -0.15) is 0 Å². The molecular formula is C34H40N6O4S. The number of carbonyl (C=O) groups is 3. The van der Waals surface area contributed by atoms with E-state index in [2.05, 4.69) is 30.4 Å². The molecule has 3 aliphatic heterocycles. The van der Waals surface area contributed by atoms with Gasteiger partial charge in [0.15, 0.2) is 0 Å². The number of benzene rings is 2. The van der Waals surface area contributed by atoms with Crippen molar-refractivity contribution in [3.63, 3.8) is 0 Å². The lowest BCUT2D eigenvalue weighted by Crippen LogP contribution is -2.59. The van der Waals surface area contributed by atoms with Crippen molar-refractivity contribution in [3.05, 3.63) is 79.9 Å². The molecule has 1 spiro atoms. The van der Waals surface area contributed by atoms with Gasteiger partial charge in [-0.1, -0.05) is 61.5 Å². The Kier molecular flexibility index (Phi) is 8.58. The summed E-state index contributed by atoms with van der Waals surface area (Å²) in [5.74, 6) is -1.92. The third kappa shape index (κ3) is 4.87. The lowest BCUT2D eigenvalue weighted by Gasteiger charge is -2.42. The van der Waals surface area contributed by atoms with Gasteiger partial charge in [0.25, 0.3) is 0 Å². The molecule has 11 heteroatoms. The normalized spacial score (nSPS) is 27.4. The number of hydrogen-bond acceptors (Lipinski definition) is 7. The molecule has 3 aliphatic rings. The van der Waals surface area contributed by atoms with Crippen LogP contribution in [0, 0.1) is 17.8 Å². The number of amides is 3. The van der Waals surface area contributed by atoms with Crippen molar-refractivity contribution in [3.8, 4) is 0 Å². The number of aromatic nitrogens is 3. The topological polar surface area (TPSA) is 112 Å². The fourth-order valence-electron chi connectivity index (χ4n) is 7.80. The van der Waals surface area contributed by atoms with Crippen molar-refractivity contribution < 1.29 is 19.5 Å². The Morgan fingerprint density at radius 2 is 1.82 bits per heavy atom. The SMILES string of the molecule is C=CCN(Cn1nnc2ccccc21)C(=O)C1N([C@@H](CC)CO)C(=O)[C@@H]2[C@H](C(=O)N(CC=C)c3ccccc3)[C@@H]3CC(C)C12S3. The molecule has 0 aliphatic carbocycles. The van der Waals surface area contributed by atoms with Crippen LogP contribution in [0.3, 0.4) is 0 Å². The molecule has 7 atom stereocenters. The number of thioether (sulfide) groups is 1. The van der Waals surface area contributed by atoms with Crippen molar-refractivity contribution in [1.29, 1.82) is 0 Å². The van der Waals surface area contributed by atoms with Gasteiger partial charge in [-0.05, 0) is 43.0 Å². The Balaban J connectivity index is 1.42. The second-order valence-corrected chi connectivity index (χ2v) is 13.7. The number of para-hydroxylation sites is 2. The van der Waals surface area contributed by atoms with Gasteiger partial charge in [0.05, 0.1) is 34.7 Å². The van der Waals surface area contributed by atoms with Crippen molar-refractivity contribution in [2.45, 2.75) is 55.4 Å². The lowest BCUT2D eigenvalue weighted by atomic mass is 9.65. The molecule has 3 amide bonds. The molecule has 2 bridgehead atoms. The van der Waals surface area contributed by atoms with Gasteiger partial charge in [0.1, 0.15) is 18.2 Å². The van der Waals surface area contributed by atoms with Crippen molar-refractivity contribution in [1.82, 2.24) is 24.8 Å². The zero-order valence-electron chi connectivity index (χ0n) is 25.7. The quantitative estimate of drug-likeness (QED) is 0.304. The highest BCUT2D eigenvalue weighted by Gasteiger charge is 2.77. The van der Waals surface area contributed by atoms with E-state index in [1.165, 1.54) is 0 Å². The van der Waals surface area contributed by atoms with Gasteiger partial charge >= 0.3 is 0 Å². The molecule has 2 aromatic carbocycles. The standard InChI is InChI=1S/C34H40N6O4S/c1-5-17-37(21-39-26-16-12-11-15-25(26)35-36-39)33(44)30-34-22(4)19-27(45-34)28(29(34)32(43)40(30)23(7-3)20-41)31(42)38(18-6-2)24-13-9-8-10-14-24/h5-6,8-16,22-23,27-30,41H,1-2,7,17-21H2,3-4H3/t22?,23-,27-,28+,29-,30?,34?/m0/s1. The first kappa shape index (κ1) is 31.0. The molecule has 10 nitrogen and oxygen atoms in total. The van der Waals surface area contributed by atoms with E-state index in [1.54, 1.807) is 43.3 Å². The van der Waals surface area contributed by atoms with Gasteiger partial charge in [-0.25, -0.2) is 4.68 Å². The highest BCUT2D eigenvalue weighted by molar-refractivity contribution is 8.02. The van der Waals surface area contributed by atoms with E-state index in [-0.39, 0.29) is 48.7 Å². The van der Waals surface area contributed by atoms with Gasteiger partial charge < -0.3 is 19.8 Å². The summed E-state index contributed by atoms with van der Waals surface area (Å²) in [6.07, 6.45) is 4.54. The Morgan fingerprint density at radius 1 is 1.11 bits per heavy atom. The number of likely N-dealkylation sites (tertiary alicyclic amines) is 1. The minimum absolute atomic E-state index is 0.0111. The Morgan fingerprint density at radius 3 is 2.51 bits per heavy atom. The molecule has 3 fully saturated rings. The number of hydrogen-bond donors (Lipinski definition) is 1. The van der Waals surface area contributed by atoms with E-state index in [4.69, 9.17) is 0 Å². The van der Waals surface area contributed by atoms with Crippen molar-refractivity contribution in [2.24, 2.45) is 17.8 Å². The number of aliphatic hydroxyl groups is 1. The predicted molar refractivity (Wildman–Crippen MR) is 175 cm³/mol. The van der Waals surface area contributed by atoms with E-state index in [1.807, 2.05) is 61.5 Å². The first-order valence-corrected chi connectivity index (χ1v) is 16.5. The van der Waals surface area contributed by atoms with Crippen LogP contribution in [0.25, 0.3) is 11.0 Å². The number of rotatable bonds is 12. The van der Waals surface area contributed by atoms with Crippen LogP contribution < -0.4 is 4.90 Å². The van der Waals surface area contributed by atoms with Gasteiger partial charge in [-0.15, -0.1) is 30.0 Å². The number of anilines is 1. The maximum absolute atomic E-state index is 14.9. The van der Waals surface area contributed by atoms with Gasteiger partial charge in [0, 0.05) is 24.0 Å². The fourth-order valence-corrected chi connectivity index (χ4v) is 10.2. The van der Waals surface area contributed by atoms with Crippen LogP contribution in [0.5, 0.6) is 0 Å². The number of aliphatic hydroxyl groups excluding tert-OH is 1. The van der Waals surface area contributed by atoms with Crippen LogP contribution in [0.4, 0.5) is 5.69 Å². The van der Waals surface area contributed by atoms with Crippen LogP contribution in [0.1, 0.15) is 26.7 Å². The fraction of sp³-hybridized carbons (Fsp3) is 0.441. The summed E-state index contributed by atoms with van der Waals surface area (Å²) >= 11 is 1.63. The summed E-state index contributed by atoms with van der Waals surface area (Å²) in [6.45, 7) is 12.2. The van der Waals surface area contributed by atoms with Crippen molar-refractivity contribution >= 4 is 46.2 Å². The minimum Gasteiger partial charge on any atom is -0.394 e. The third-order valence-corrected chi connectivity index (χ3v) is 11.9. The second kappa shape index (κ2) is 12.4. The highest BCUT2D eigenvalue weighted by Crippen LogP contribution is 2.69. The average molecular weight is 629 g/mol. The summed E-state index contributed by atoms with van der Waals surface area (Å²) in [6, 6.07) is 15.6. The molecule has 1 aromatic heterocycles. The highest BCUT2D eigenvalue weighted by atomic mass is 32.2. The van der Waals surface area contributed by atoms with Crippen molar-refractivity contribution in [2.75, 3.05) is 24.6 Å². The van der Waals surface area contributed by atoms with E-state index < -0.39 is 28.7 Å². The number of carbonyl (C=O) groups excluding carboxylic acids is 3. The number of nitrogens with zero attached hydrogens (tertiary/aromatic N) is 6. The summed E-state index contributed by atoms with van der Waals surface area (Å²) in [7, 11) is 0. The molecule has 236 valence electrons. The second-order valence-electron chi connectivity index (χ2n) is 12.2. The molecular weight excluding hydrogens is 588 g/mol. The van der Waals surface area contributed by atoms with Crippen LogP contribution in [-0.4, -0.2) is 89.4 Å². The Bertz CT molecular complexity index is 1610. The predicted octanol–water partition coefficient (Wildman–Crippen LogP) is 3.73. The summed E-state index contributed by atoms with van der Waals surface area (Å²) in [4.78, 5) is 49.1. The number of fused-ring (bicyclic) bond motifs is 2. The van der Waals surface area contributed by atoms with Gasteiger partial charge in [0.2, 0.25) is 17.7 Å². The summed E-state index contributed by atoms with van der Waals surface area (Å²) in [5.41, 5.74) is 2.25. The molecule has 4 heterocycles. The minimum atomic E-state index is -0.866. The van der Waals surface area contributed by atoms with E-state index in [0.717, 1.165) is 11.2 Å². The summed E-state index contributed by atoms with van der Waals surface area (Å²) < 4.78 is 0.848. The van der Waals surface area contributed by atoms with E-state index >= 15 is 0 Å².